The van der Waals surface area contributed by atoms with Crippen LogP contribution in [0.15, 0.2) is 35.2 Å². The number of hydrogen-bond donors (Lipinski definition) is 0. The lowest BCUT2D eigenvalue weighted by atomic mass is 10.0. The van der Waals surface area contributed by atoms with Gasteiger partial charge in [-0.25, -0.2) is 4.79 Å². The van der Waals surface area contributed by atoms with Crippen LogP contribution in [0.4, 0.5) is 13.2 Å². The summed E-state index contributed by atoms with van der Waals surface area (Å²) in [7, 11) is 2.58. The molecule has 0 fully saturated rings. The fourth-order valence-electron chi connectivity index (χ4n) is 2.01. The van der Waals surface area contributed by atoms with Gasteiger partial charge < -0.3 is 9.47 Å². The molecule has 2 aromatic rings. The third-order valence-corrected chi connectivity index (χ3v) is 3.63. The van der Waals surface area contributed by atoms with E-state index in [2.05, 4.69) is 4.74 Å². The molecule has 7 heteroatoms. The second kappa shape index (κ2) is 5.85. The van der Waals surface area contributed by atoms with Crippen LogP contribution in [0.1, 0.15) is 10.4 Å². The summed E-state index contributed by atoms with van der Waals surface area (Å²) >= 11 is -0.221. The van der Waals surface area contributed by atoms with Gasteiger partial charge in [0.05, 0.1) is 14.2 Å². The van der Waals surface area contributed by atoms with Gasteiger partial charge in [-0.05, 0) is 35.3 Å². The number of rotatable bonds is 3. The molecule has 0 amide bonds. The smallest absolute Gasteiger partial charge is 0.446 e. The van der Waals surface area contributed by atoms with Crippen LogP contribution in [0.5, 0.6) is 5.75 Å². The van der Waals surface area contributed by atoms with E-state index in [1.807, 2.05) is 0 Å². The Balaban J connectivity index is 2.71. The number of esters is 1. The molecule has 0 aromatic heterocycles. The van der Waals surface area contributed by atoms with Crippen molar-refractivity contribution in [2.75, 3.05) is 14.2 Å². The molecule has 3 nitrogen and oxygen atoms in total. The third-order valence-electron chi connectivity index (χ3n) is 2.82. The van der Waals surface area contributed by atoms with Gasteiger partial charge in [0.1, 0.15) is 11.3 Å². The highest BCUT2D eigenvalue weighted by Crippen LogP contribution is 2.41. The maximum Gasteiger partial charge on any atom is 0.446 e. The van der Waals surface area contributed by atoms with Gasteiger partial charge in [-0.3, -0.25) is 0 Å². The molecule has 112 valence electrons. The molecule has 0 unspecified atom stereocenters. The molecule has 0 aliphatic heterocycles. The summed E-state index contributed by atoms with van der Waals surface area (Å²) in [5.74, 6) is -0.407. The first-order chi connectivity index (χ1) is 9.87. The summed E-state index contributed by atoms with van der Waals surface area (Å²) < 4.78 is 47.5. The van der Waals surface area contributed by atoms with Crippen molar-refractivity contribution in [1.29, 1.82) is 0 Å². The Morgan fingerprint density at radius 2 is 1.81 bits per heavy atom. The highest BCUT2D eigenvalue weighted by molar-refractivity contribution is 8.00. The third kappa shape index (κ3) is 3.24. The molecular weight excluding hydrogens is 305 g/mol. The summed E-state index contributed by atoms with van der Waals surface area (Å²) in [6, 6.07) is 7.32. The van der Waals surface area contributed by atoms with Crippen LogP contribution in [0.2, 0.25) is 0 Å². The number of ether oxygens (including phenoxy) is 2. The van der Waals surface area contributed by atoms with Crippen LogP contribution in [-0.2, 0) is 4.74 Å². The predicted octanol–water partition coefficient (Wildman–Crippen LogP) is 4.25. The van der Waals surface area contributed by atoms with Crippen molar-refractivity contribution < 1.29 is 27.4 Å². The Bertz CT molecular complexity index is 683. The molecule has 0 saturated heterocycles. The van der Waals surface area contributed by atoms with Crippen LogP contribution >= 0.6 is 11.8 Å². The maximum absolute atomic E-state index is 12.6. The minimum atomic E-state index is -4.40. The first-order valence-electron chi connectivity index (χ1n) is 5.81. The number of hydrogen-bond acceptors (Lipinski definition) is 4. The zero-order valence-electron chi connectivity index (χ0n) is 11.2. The summed E-state index contributed by atoms with van der Waals surface area (Å²) in [5.41, 5.74) is -4.29. The van der Waals surface area contributed by atoms with E-state index in [0.29, 0.717) is 10.8 Å². The van der Waals surface area contributed by atoms with Crippen molar-refractivity contribution in [1.82, 2.24) is 0 Å². The van der Waals surface area contributed by atoms with Crippen LogP contribution in [0, 0.1) is 0 Å². The lowest BCUT2D eigenvalue weighted by Gasteiger charge is -2.13. The second-order valence-electron chi connectivity index (χ2n) is 4.03. The van der Waals surface area contributed by atoms with Gasteiger partial charge >= 0.3 is 11.5 Å². The first kappa shape index (κ1) is 15.5. The molecule has 0 aliphatic carbocycles. The van der Waals surface area contributed by atoms with E-state index in [1.54, 1.807) is 6.07 Å². The summed E-state index contributed by atoms with van der Waals surface area (Å²) in [6.45, 7) is 0. The van der Waals surface area contributed by atoms with E-state index in [9.17, 15) is 18.0 Å². The number of carbonyl (C=O) groups is 1. The van der Waals surface area contributed by atoms with Gasteiger partial charge in [-0.15, -0.1) is 0 Å². The van der Waals surface area contributed by atoms with Crippen molar-refractivity contribution in [3.63, 3.8) is 0 Å². The van der Waals surface area contributed by atoms with Crippen LogP contribution < -0.4 is 4.74 Å². The average molecular weight is 316 g/mol. The number of carbonyl (C=O) groups excluding carboxylic acids is 1. The second-order valence-corrected chi connectivity index (χ2v) is 5.14. The monoisotopic (exact) mass is 316 g/mol. The highest BCUT2D eigenvalue weighted by atomic mass is 32.2. The van der Waals surface area contributed by atoms with Gasteiger partial charge in [0.25, 0.3) is 0 Å². The molecule has 21 heavy (non-hydrogen) atoms. The standard InChI is InChI=1S/C14H11F3O3S/c1-19-10-7-6-8-9(12(10)13(18)20-2)4-3-5-11(8)21-14(15,16)17/h3-7H,1-2H3. The molecule has 2 aromatic carbocycles. The zero-order valence-corrected chi connectivity index (χ0v) is 12.0. The minimum absolute atomic E-state index is 0.0211. The molecule has 0 spiro atoms. The lowest BCUT2D eigenvalue weighted by Crippen LogP contribution is -2.06. The average Bonchev–Trinajstić information content (AvgIpc) is 2.44. The number of halogens is 3. The van der Waals surface area contributed by atoms with E-state index in [4.69, 9.17) is 4.74 Å². The SMILES string of the molecule is COC(=O)c1c(OC)ccc2c(SC(F)(F)F)cccc12. The molecule has 2 rings (SSSR count). The first-order valence-corrected chi connectivity index (χ1v) is 6.63. The molecular formula is C14H11F3O3S. The van der Waals surface area contributed by atoms with Gasteiger partial charge in [-0.2, -0.15) is 13.2 Å². The van der Waals surface area contributed by atoms with Crippen molar-refractivity contribution in [3.05, 3.63) is 35.9 Å². The Kier molecular flexibility index (Phi) is 4.32. The molecule has 0 radical (unpaired) electrons. The number of fused-ring (bicyclic) bond motifs is 1. The predicted molar refractivity (Wildman–Crippen MR) is 73.8 cm³/mol. The van der Waals surface area contributed by atoms with E-state index in [-0.39, 0.29) is 28.0 Å². The Labute approximate surface area is 123 Å². The summed E-state index contributed by atoms with van der Waals surface area (Å²) in [5, 5.41) is 0.677. The van der Waals surface area contributed by atoms with Crippen LogP contribution in [0.25, 0.3) is 10.8 Å². The van der Waals surface area contributed by atoms with Gasteiger partial charge in [0, 0.05) is 10.3 Å². The fourth-order valence-corrected chi connectivity index (χ4v) is 2.69. The van der Waals surface area contributed by atoms with E-state index < -0.39 is 11.5 Å². The number of alkyl halides is 3. The van der Waals surface area contributed by atoms with Crippen molar-refractivity contribution in [3.8, 4) is 5.75 Å². The van der Waals surface area contributed by atoms with E-state index in [0.717, 1.165) is 0 Å². The van der Waals surface area contributed by atoms with Crippen molar-refractivity contribution >= 4 is 28.5 Å². The normalized spacial score (nSPS) is 11.5. The van der Waals surface area contributed by atoms with Gasteiger partial charge in [0.15, 0.2) is 0 Å². The molecule has 0 aliphatic rings. The molecule has 0 atom stereocenters. The maximum atomic E-state index is 12.6. The van der Waals surface area contributed by atoms with E-state index >= 15 is 0 Å². The van der Waals surface area contributed by atoms with Crippen LogP contribution in [0.3, 0.4) is 0 Å². The fraction of sp³-hybridized carbons (Fsp3) is 0.214. The topological polar surface area (TPSA) is 35.5 Å². The van der Waals surface area contributed by atoms with E-state index in [1.165, 1.54) is 38.5 Å². The number of methoxy groups -OCH3 is 2. The summed E-state index contributed by atoms with van der Waals surface area (Å²) in [4.78, 5) is 11.9. The Morgan fingerprint density at radius 3 is 2.38 bits per heavy atom. The van der Waals surface area contributed by atoms with Crippen molar-refractivity contribution in [2.24, 2.45) is 0 Å². The van der Waals surface area contributed by atoms with Crippen molar-refractivity contribution in [2.45, 2.75) is 10.4 Å². The van der Waals surface area contributed by atoms with Gasteiger partial charge in [0.2, 0.25) is 0 Å². The number of thioether (sulfide) groups is 1. The zero-order chi connectivity index (χ0) is 15.6. The quantitative estimate of drug-likeness (QED) is 0.626. The molecule has 0 bridgehead atoms. The molecule has 0 saturated carbocycles. The lowest BCUT2D eigenvalue weighted by molar-refractivity contribution is -0.0327. The number of benzene rings is 2. The highest BCUT2D eigenvalue weighted by Gasteiger charge is 2.30. The van der Waals surface area contributed by atoms with Gasteiger partial charge in [-0.1, -0.05) is 12.1 Å². The Hall–Kier alpha value is -1.89. The largest absolute Gasteiger partial charge is 0.496 e. The minimum Gasteiger partial charge on any atom is -0.496 e. The van der Waals surface area contributed by atoms with Crippen LogP contribution in [-0.4, -0.2) is 25.7 Å². The molecule has 0 N–H and O–H groups in total. The summed E-state index contributed by atoms with van der Waals surface area (Å²) in [6.07, 6.45) is 0. The Morgan fingerprint density at radius 1 is 1.10 bits per heavy atom. The molecule has 0 heterocycles.